The van der Waals surface area contributed by atoms with Crippen LogP contribution in [0.4, 0.5) is 17.6 Å². The Kier molecular flexibility index (Phi) is 9.09. The highest BCUT2D eigenvalue weighted by atomic mass is 35.5. The normalized spacial score (nSPS) is 14.6. The van der Waals surface area contributed by atoms with E-state index < -0.39 is 55.7 Å². The zero-order chi connectivity index (χ0) is 33.6. The van der Waals surface area contributed by atoms with Crippen LogP contribution in [-0.4, -0.2) is 8.42 Å². The standard InChI is InChI=1S/C38H28Cl2F4O2S/c1-21-9-11-23(13-33(21)39)27-5-3-7-29(27)31-17-35(41)25(15-37(31)43)19-47(45,46)20-26-16-38(44)32(18-36(26)42)30-8-4-6-28(30)24-12-10-22(2)34(40)14-24/h5-18H,3-4,19-20H2,1-2H3. The molecule has 0 aliphatic heterocycles. The first kappa shape index (κ1) is 33.0. The molecular weight excluding hydrogens is 667 g/mol. The number of sulfone groups is 1. The van der Waals surface area contributed by atoms with E-state index in [4.69, 9.17) is 23.2 Å². The average Bonchev–Trinajstić information content (AvgIpc) is 3.70. The van der Waals surface area contributed by atoms with Gasteiger partial charge in [-0.2, -0.15) is 0 Å². The molecule has 0 saturated heterocycles. The van der Waals surface area contributed by atoms with Gasteiger partial charge in [0.15, 0.2) is 9.84 Å². The second-order valence-corrected chi connectivity index (χ2v) is 14.6. The first-order chi connectivity index (χ1) is 22.3. The van der Waals surface area contributed by atoms with Gasteiger partial charge in [0.05, 0.1) is 11.5 Å². The van der Waals surface area contributed by atoms with Crippen LogP contribution in [0.3, 0.4) is 0 Å². The molecule has 2 aliphatic carbocycles. The minimum atomic E-state index is -4.25. The summed E-state index contributed by atoms with van der Waals surface area (Å²) in [6.07, 6.45) is 8.28. The molecule has 0 unspecified atom stereocenters. The van der Waals surface area contributed by atoms with E-state index in [1.54, 1.807) is 24.3 Å². The van der Waals surface area contributed by atoms with Crippen LogP contribution < -0.4 is 0 Å². The van der Waals surface area contributed by atoms with Crippen LogP contribution >= 0.6 is 23.2 Å². The molecule has 0 spiro atoms. The average molecular weight is 696 g/mol. The molecule has 0 N–H and O–H groups in total. The maximum Gasteiger partial charge on any atom is 0.158 e. The molecule has 4 aromatic rings. The fourth-order valence-electron chi connectivity index (χ4n) is 5.94. The van der Waals surface area contributed by atoms with Gasteiger partial charge in [-0.05, 0) is 108 Å². The number of rotatable bonds is 8. The van der Waals surface area contributed by atoms with E-state index in [9.17, 15) is 8.42 Å². The van der Waals surface area contributed by atoms with Gasteiger partial charge in [-0.1, -0.05) is 71.8 Å². The summed E-state index contributed by atoms with van der Waals surface area (Å²) in [4.78, 5) is 0. The number of halogens is 6. The fraction of sp³-hybridized carbons (Fsp3) is 0.158. The molecule has 0 bridgehead atoms. The highest BCUT2D eigenvalue weighted by Crippen LogP contribution is 2.41. The van der Waals surface area contributed by atoms with Crippen LogP contribution in [0.1, 0.15) is 57.3 Å². The van der Waals surface area contributed by atoms with E-state index >= 15 is 17.6 Å². The van der Waals surface area contributed by atoms with Gasteiger partial charge >= 0.3 is 0 Å². The Labute approximate surface area is 281 Å². The molecule has 0 saturated carbocycles. The van der Waals surface area contributed by atoms with Crippen LogP contribution in [0.2, 0.25) is 10.0 Å². The Balaban J connectivity index is 1.22. The molecule has 9 heteroatoms. The van der Waals surface area contributed by atoms with Crippen molar-refractivity contribution in [3.05, 3.63) is 163 Å². The van der Waals surface area contributed by atoms with Gasteiger partial charge in [-0.15, -0.1) is 0 Å². The van der Waals surface area contributed by atoms with E-state index in [0.717, 1.165) is 46.5 Å². The zero-order valence-electron chi connectivity index (χ0n) is 25.4. The molecule has 2 nitrogen and oxygen atoms in total. The maximum absolute atomic E-state index is 15.4. The maximum atomic E-state index is 15.4. The molecule has 0 heterocycles. The molecule has 4 aromatic carbocycles. The molecule has 0 fully saturated rings. The van der Waals surface area contributed by atoms with E-state index in [0.29, 0.717) is 45.2 Å². The predicted molar refractivity (Wildman–Crippen MR) is 183 cm³/mol. The first-order valence-electron chi connectivity index (χ1n) is 14.8. The minimum absolute atomic E-state index is 0.0182. The number of aryl methyl sites for hydroxylation is 2. The summed E-state index contributed by atoms with van der Waals surface area (Å²) < 4.78 is 87.8. The summed E-state index contributed by atoms with van der Waals surface area (Å²) in [7, 11) is -4.25. The zero-order valence-corrected chi connectivity index (χ0v) is 27.7. The van der Waals surface area contributed by atoms with Crippen LogP contribution in [-0.2, 0) is 21.3 Å². The van der Waals surface area contributed by atoms with E-state index in [2.05, 4.69) is 0 Å². The first-order valence-corrected chi connectivity index (χ1v) is 17.4. The Hall–Kier alpha value is -3.91. The van der Waals surface area contributed by atoms with Gasteiger partial charge < -0.3 is 0 Å². The third-order valence-corrected chi connectivity index (χ3v) is 10.8. The number of allylic oxidation sites excluding steroid dienone is 8. The van der Waals surface area contributed by atoms with Crippen LogP contribution in [0, 0.1) is 37.1 Å². The van der Waals surface area contributed by atoms with E-state index in [1.165, 1.54) is 0 Å². The van der Waals surface area contributed by atoms with Gasteiger partial charge in [0, 0.05) is 32.3 Å². The number of hydrogen-bond donors (Lipinski definition) is 0. The van der Waals surface area contributed by atoms with Crippen LogP contribution in [0.5, 0.6) is 0 Å². The second-order valence-electron chi connectivity index (χ2n) is 11.7. The monoisotopic (exact) mass is 694 g/mol. The largest absolute Gasteiger partial charge is 0.228 e. The summed E-state index contributed by atoms with van der Waals surface area (Å²) >= 11 is 12.6. The molecule has 0 atom stereocenters. The van der Waals surface area contributed by atoms with E-state index in [-0.39, 0.29) is 11.1 Å². The summed E-state index contributed by atoms with van der Waals surface area (Å²) in [5.74, 6) is -5.27. The third kappa shape index (κ3) is 6.75. The lowest BCUT2D eigenvalue weighted by Crippen LogP contribution is -2.12. The Morgan fingerprint density at radius 1 is 0.553 bits per heavy atom. The Morgan fingerprint density at radius 2 is 0.936 bits per heavy atom. The van der Waals surface area contributed by atoms with Gasteiger partial charge in [0.2, 0.25) is 0 Å². The van der Waals surface area contributed by atoms with Crippen molar-refractivity contribution in [2.75, 3.05) is 0 Å². The highest BCUT2D eigenvalue weighted by Gasteiger charge is 2.25. The third-order valence-electron chi connectivity index (χ3n) is 8.44. The summed E-state index contributed by atoms with van der Waals surface area (Å²) in [6.45, 7) is 3.72. The molecule has 0 aromatic heterocycles. The van der Waals surface area contributed by atoms with Crippen molar-refractivity contribution in [1.29, 1.82) is 0 Å². The van der Waals surface area contributed by atoms with Gasteiger partial charge in [0.25, 0.3) is 0 Å². The van der Waals surface area contributed by atoms with Crippen molar-refractivity contribution in [3.8, 4) is 0 Å². The number of hydrogen-bond acceptors (Lipinski definition) is 2. The smallest absolute Gasteiger partial charge is 0.158 e. The lowest BCUT2D eigenvalue weighted by molar-refractivity contribution is 0.570. The lowest BCUT2D eigenvalue weighted by atomic mass is 9.93. The molecule has 0 radical (unpaired) electrons. The number of benzene rings is 4. The molecular formula is C38H28Cl2F4O2S. The molecule has 6 rings (SSSR count). The van der Waals surface area contributed by atoms with Crippen LogP contribution in [0.15, 0.2) is 85.0 Å². The highest BCUT2D eigenvalue weighted by molar-refractivity contribution is 7.89. The molecule has 0 amide bonds. The quantitative estimate of drug-likeness (QED) is 0.172. The Bertz CT molecular complexity index is 2050. The summed E-state index contributed by atoms with van der Waals surface area (Å²) in [6, 6.07) is 14.5. The van der Waals surface area contributed by atoms with E-state index in [1.807, 2.05) is 50.3 Å². The van der Waals surface area contributed by atoms with Gasteiger partial charge in [-0.25, -0.2) is 26.0 Å². The molecule has 47 heavy (non-hydrogen) atoms. The lowest BCUT2D eigenvalue weighted by Gasteiger charge is -2.15. The van der Waals surface area contributed by atoms with Crippen molar-refractivity contribution >= 4 is 55.3 Å². The van der Waals surface area contributed by atoms with Crippen molar-refractivity contribution in [2.24, 2.45) is 0 Å². The molecule has 2 aliphatic rings. The van der Waals surface area contributed by atoms with Crippen molar-refractivity contribution < 1.29 is 26.0 Å². The topological polar surface area (TPSA) is 34.1 Å². The summed E-state index contributed by atoms with van der Waals surface area (Å²) in [5, 5.41) is 1.08. The fourth-order valence-corrected chi connectivity index (χ4v) is 7.79. The second kappa shape index (κ2) is 12.9. The Morgan fingerprint density at radius 3 is 1.32 bits per heavy atom. The minimum Gasteiger partial charge on any atom is -0.228 e. The van der Waals surface area contributed by atoms with Crippen LogP contribution in [0.25, 0.3) is 22.3 Å². The summed E-state index contributed by atoms with van der Waals surface area (Å²) in [5.41, 5.74) is 4.69. The van der Waals surface area contributed by atoms with Crippen molar-refractivity contribution in [3.63, 3.8) is 0 Å². The van der Waals surface area contributed by atoms with Crippen molar-refractivity contribution in [2.45, 2.75) is 38.2 Å². The van der Waals surface area contributed by atoms with Crippen molar-refractivity contribution in [1.82, 2.24) is 0 Å². The predicted octanol–water partition coefficient (Wildman–Crippen LogP) is 11.0. The molecule has 240 valence electrons. The van der Waals surface area contributed by atoms with Gasteiger partial charge in [0.1, 0.15) is 23.3 Å². The van der Waals surface area contributed by atoms with Gasteiger partial charge in [-0.3, -0.25) is 0 Å². The SMILES string of the molecule is Cc1ccc(C2=CCC=C2c2cc(F)c(CS(=O)(=O)Cc3cc(F)c(C4=CCC=C4c4ccc(C)c(Cl)c4)cc3F)cc2F)cc1Cl.